The van der Waals surface area contributed by atoms with E-state index < -0.39 is 13.9 Å². The first kappa shape index (κ1) is 43.5. The zero-order valence-electron chi connectivity index (χ0n) is 28.6. The molecule has 0 rings (SSSR count). The van der Waals surface area contributed by atoms with E-state index in [-0.39, 0.29) is 38.8 Å². The van der Waals surface area contributed by atoms with Crippen molar-refractivity contribution in [2.75, 3.05) is 33.0 Å². The van der Waals surface area contributed by atoms with Gasteiger partial charge in [-0.25, -0.2) is 4.57 Å². The van der Waals surface area contributed by atoms with E-state index in [4.69, 9.17) is 24.3 Å². The summed E-state index contributed by atoms with van der Waals surface area (Å²) in [5.74, 6) is -0.373. The number of nitrogens with two attached hydrogens (primary N) is 1. The Bertz CT molecular complexity index is 828. The predicted octanol–water partition coefficient (Wildman–Crippen LogP) is 9.68. The number of phosphoric ester groups is 1. The summed E-state index contributed by atoms with van der Waals surface area (Å²) in [6.45, 7) is 4.72. The zero-order chi connectivity index (χ0) is 33.1. The van der Waals surface area contributed by atoms with E-state index >= 15 is 0 Å². The van der Waals surface area contributed by atoms with E-state index in [9.17, 15) is 14.3 Å². The molecule has 0 amide bonds. The molecule has 0 aliphatic heterocycles. The van der Waals surface area contributed by atoms with Crippen LogP contribution in [0.15, 0.2) is 48.6 Å². The number of rotatable bonds is 33. The molecule has 0 heterocycles. The van der Waals surface area contributed by atoms with Gasteiger partial charge in [0, 0.05) is 19.6 Å². The minimum Gasteiger partial charge on any atom is -0.457 e. The molecular formula is C36H66NO7P. The molecule has 0 fully saturated rings. The van der Waals surface area contributed by atoms with E-state index in [1.54, 1.807) is 0 Å². The Morgan fingerprint density at radius 1 is 0.689 bits per heavy atom. The van der Waals surface area contributed by atoms with E-state index in [2.05, 4.69) is 62.5 Å². The SMILES string of the molecule is CC/C=C\C/C=C\C/C=C\C/C=C\CCCCC(=O)OC(COCCCCCCCCCCCCC)COP(=O)(O)OCCN. The summed E-state index contributed by atoms with van der Waals surface area (Å²) in [5, 5.41) is 0. The van der Waals surface area contributed by atoms with Crippen molar-refractivity contribution >= 4 is 13.8 Å². The van der Waals surface area contributed by atoms with E-state index in [0.29, 0.717) is 13.0 Å². The molecule has 45 heavy (non-hydrogen) atoms. The van der Waals surface area contributed by atoms with Crippen LogP contribution in [0.3, 0.4) is 0 Å². The highest BCUT2D eigenvalue weighted by molar-refractivity contribution is 7.47. The number of esters is 1. The second-order valence-electron chi connectivity index (χ2n) is 11.4. The molecule has 0 aromatic heterocycles. The summed E-state index contributed by atoms with van der Waals surface area (Å²) in [6.07, 6.45) is 37.0. The molecule has 2 atom stereocenters. The first-order chi connectivity index (χ1) is 21.9. The van der Waals surface area contributed by atoms with Crippen LogP contribution < -0.4 is 5.73 Å². The van der Waals surface area contributed by atoms with Gasteiger partial charge >= 0.3 is 13.8 Å². The van der Waals surface area contributed by atoms with Gasteiger partial charge in [0.2, 0.25) is 0 Å². The van der Waals surface area contributed by atoms with Gasteiger partial charge in [0.25, 0.3) is 0 Å². The van der Waals surface area contributed by atoms with Crippen LogP contribution in [0.2, 0.25) is 0 Å². The molecule has 0 spiro atoms. The molecule has 0 aliphatic rings. The second-order valence-corrected chi connectivity index (χ2v) is 12.8. The normalized spacial score (nSPS) is 14.3. The molecule has 8 nitrogen and oxygen atoms in total. The van der Waals surface area contributed by atoms with Crippen LogP contribution in [-0.2, 0) is 27.9 Å². The van der Waals surface area contributed by atoms with Crippen LogP contribution in [0.4, 0.5) is 0 Å². The largest absolute Gasteiger partial charge is 0.472 e. The highest BCUT2D eigenvalue weighted by Gasteiger charge is 2.25. The Kier molecular flexibility index (Phi) is 32.7. The molecule has 0 bridgehead atoms. The fourth-order valence-electron chi connectivity index (χ4n) is 4.46. The summed E-state index contributed by atoms with van der Waals surface area (Å²) in [5.41, 5.74) is 5.34. The van der Waals surface area contributed by atoms with Crippen molar-refractivity contribution in [1.82, 2.24) is 0 Å². The lowest BCUT2D eigenvalue weighted by Gasteiger charge is -2.20. The van der Waals surface area contributed by atoms with Gasteiger partial charge in [0.05, 0.1) is 19.8 Å². The number of hydrogen-bond donors (Lipinski definition) is 2. The highest BCUT2D eigenvalue weighted by atomic mass is 31.2. The topological polar surface area (TPSA) is 117 Å². The minimum atomic E-state index is -4.28. The number of carbonyl (C=O) groups excluding carboxylic acids is 1. The average Bonchev–Trinajstić information content (AvgIpc) is 3.02. The number of hydrogen-bond acceptors (Lipinski definition) is 7. The van der Waals surface area contributed by atoms with E-state index in [0.717, 1.165) is 51.4 Å². The van der Waals surface area contributed by atoms with Gasteiger partial charge in [0.15, 0.2) is 0 Å². The molecule has 3 N–H and O–H groups in total. The van der Waals surface area contributed by atoms with Crippen LogP contribution in [0.5, 0.6) is 0 Å². The first-order valence-electron chi connectivity index (χ1n) is 17.6. The molecule has 0 aromatic carbocycles. The smallest absolute Gasteiger partial charge is 0.457 e. The monoisotopic (exact) mass is 655 g/mol. The third-order valence-electron chi connectivity index (χ3n) is 7.01. The maximum absolute atomic E-state index is 12.5. The number of unbranched alkanes of at least 4 members (excludes halogenated alkanes) is 12. The number of ether oxygens (including phenoxy) is 2. The Morgan fingerprint density at radius 3 is 1.82 bits per heavy atom. The van der Waals surface area contributed by atoms with Gasteiger partial charge in [0.1, 0.15) is 6.10 Å². The molecule has 2 unspecified atom stereocenters. The third kappa shape index (κ3) is 33.6. The van der Waals surface area contributed by atoms with Crippen LogP contribution in [-0.4, -0.2) is 49.9 Å². The van der Waals surface area contributed by atoms with Gasteiger partial charge in [-0.1, -0.05) is 127 Å². The fourth-order valence-corrected chi connectivity index (χ4v) is 5.22. The first-order valence-corrected chi connectivity index (χ1v) is 19.1. The number of carbonyl (C=O) groups is 1. The lowest BCUT2D eigenvalue weighted by Crippen LogP contribution is -2.28. The average molecular weight is 656 g/mol. The van der Waals surface area contributed by atoms with Crippen molar-refractivity contribution in [2.45, 2.75) is 142 Å². The van der Waals surface area contributed by atoms with Crippen LogP contribution >= 0.6 is 7.82 Å². The third-order valence-corrected chi connectivity index (χ3v) is 7.99. The maximum atomic E-state index is 12.5. The van der Waals surface area contributed by atoms with E-state index in [1.165, 1.54) is 57.8 Å². The molecule has 0 saturated carbocycles. The standard InChI is InChI=1S/C36H66NO7P/c1-3-5-7-9-11-13-15-16-17-18-19-21-23-25-27-29-36(38)44-35(34-43-45(39,40)42-32-30-37)33-41-31-28-26-24-22-20-14-12-10-8-6-4-2/h5,7,11,13,16-17,19,21,35H,3-4,6,8-10,12,14-15,18,20,22-34,37H2,1-2H3,(H,39,40)/b7-5-,13-11-,17-16-,21-19-. The Balaban J connectivity index is 4.22. The molecular weight excluding hydrogens is 589 g/mol. The molecule has 0 saturated heterocycles. The second kappa shape index (κ2) is 33.8. The highest BCUT2D eigenvalue weighted by Crippen LogP contribution is 2.43. The van der Waals surface area contributed by atoms with Crippen LogP contribution in [0, 0.1) is 0 Å². The zero-order valence-corrected chi connectivity index (χ0v) is 29.5. The molecule has 0 aliphatic carbocycles. The van der Waals surface area contributed by atoms with Crippen molar-refractivity contribution < 1.29 is 32.8 Å². The molecule has 0 aromatic rings. The van der Waals surface area contributed by atoms with Gasteiger partial charge < -0.3 is 20.1 Å². The molecule has 262 valence electrons. The van der Waals surface area contributed by atoms with E-state index in [1.807, 2.05) is 0 Å². The lowest BCUT2D eigenvalue weighted by atomic mass is 10.1. The maximum Gasteiger partial charge on any atom is 0.472 e. The van der Waals surface area contributed by atoms with Crippen molar-refractivity contribution in [3.8, 4) is 0 Å². The van der Waals surface area contributed by atoms with Crippen molar-refractivity contribution in [1.29, 1.82) is 0 Å². The summed E-state index contributed by atoms with van der Waals surface area (Å²) < 4.78 is 33.2. The molecule has 9 heteroatoms. The number of allylic oxidation sites excluding steroid dienone is 8. The minimum absolute atomic E-state index is 0.0926. The van der Waals surface area contributed by atoms with Crippen molar-refractivity contribution in [3.63, 3.8) is 0 Å². The Labute approximate surface area is 275 Å². The predicted molar refractivity (Wildman–Crippen MR) is 187 cm³/mol. The van der Waals surface area contributed by atoms with Gasteiger partial charge in [-0.05, 0) is 51.4 Å². The van der Waals surface area contributed by atoms with Crippen LogP contribution in [0.1, 0.15) is 136 Å². The van der Waals surface area contributed by atoms with Gasteiger partial charge in [-0.2, -0.15) is 0 Å². The van der Waals surface area contributed by atoms with Crippen LogP contribution in [0.25, 0.3) is 0 Å². The van der Waals surface area contributed by atoms with Gasteiger partial charge in [-0.15, -0.1) is 0 Å². The lowest BCUT2D eigenvalue weighted by molar-refractivity contribution is -0.154. The van der Waals surface area contributed by atoms with Crippen molar-refractivity contribution in [2.24, 2.45) is 5.73 Å². The van der Waals surface area contributed by atoms with Crippen molar-refractivity contribution in [3.05, 3.63) is 48.6 Å². The summed E-state index contributed by atoms with van der Waals surface area (Å²) in [7, 11) is -4.28. The number of phosphoric acid groups is 1. The fraction of sp³-hybridized carbons (Fsp3) is 0.750. The molecule has 0 radical (unpaired) electrons. The quantitative estimate of drug-likeness (QED) is 0.0311. The Morgan fingerprint density at radius 2 is 1.24 bits per heavy atom. The van der Waals surface area contributed by atoms with Gasteiger partial charge in [-0.3, -0.25) is 13.8 Å². The summed E-state index contributed by atoms with van der Waals surface area (Å²) >= 11 is 0. The Hall–Kier alpha value is -1.54. The summed E-state index contributed by atoms with van der Waals surface area (Å²) in [4.78, 5) is 22.3. The summed E-state index contributed by atoms with van der Waals surface area (Å²) in [6, 6.07) is 0.